The van der Waals surface area contributed by atoms with E-state index in [4.69, 9.17) is 16.3 Å². The summed E-state index contributed by atoms with van der Waals surface area (Å²) < 4.78 is 19.2. The number of benzene rings is 2. The number of anilines is 1. The molecule has 4 rings (SSSR count). The molecule has 0 aliphatic heterocycles. The number of carbonyl (C=O) groups is 1. The van der Waals surface area contributed by atoms with E-state index in [0.29, 0.717) is 21.2 Å². The van der Waals surface area contributed by atoms with Gasteiger partial charge in [0.2, 0.25) is 5.43 Å². The van der Waals surface area contributed by atoms with Crippen molar-refractivity contribution < 1.29 is 13.9 Å². The Labute approximate surface area is 172 Å². The van der Waals surface area contributed by atoms with Gasteiger partial charge in [0.15, 0.2) is 10.9 Å². The molecular weight excluding hydrogens is 417 g/mol. The number of pyridine rings is 1. The van der Waals surface area contributed by atoms with Gasteiger partial charge in [0.1, 0.15) is 18.1 Å². The van der Waals surface area contributed by atoms with E-state index in [1.807, 2.05) is 0 Å². The van der Waals surface area contributed by atoms with Gasteiger partial charge in [0.05, 0.1) is 10.2 Å². The number of hydrogen-bond donors (Lipinski definition) is 2. The first-order chi connectivity index (χ1) is 14.0. The molecule has 2 N–H and O–H groups in total. The number of nitrogens with one attached hydrogen (secondary N) is 2. The van der Waals surface area contributed by atoms with E-state index in [2.05, 4.69) is 15.3 Å². The molecule has 6 nitrogen and oxygen atoms in total. The highest BCUT2D eigenvalue weighted by Crippen LogP contribution is 2.28. The summed E-state index contributed by atoms with van der Waals surface area (Å²) in [6.45, 7) is 0.100. The van der Waals surface area contributed by atoms with Crippen LogP contribution >= 0.6 is 22.9 Å². The summed E-state index contributed by atoms with van der Waals surface area (Å²) in [7, 11) is 0. The lowest BCUT2D eigenvalue weighted by molar-refractivity contribution is 0.102. The summed E-state index contributed by atoms with van der Waals surface area (Å²) in [5, 5.41) is 3.63. The zero-order chi connectivity index (χ0) is 20.4. The van der Waals surface area contributed by atoms with E-state index < -0.39 is 11.3 Å². The molecule has 0 fully saturated rings. The minimum absolute atomic E-state index is 0.0560. The quantitative estimate of drug-likeness (QED) is 0.485. The number of halogens is 2. The van der Waals surface area contributed by atoms with Crippen LogP contribution in [0.4, 0.5) is 9.52 Å². The summed E-state index contributed by atoms with van der Waals surface area (Å²) in [4.78, 5) is 31.7. The van der Waals surface area contributed by atoms with Gasteiger partial charge in [-0.05, 0) is 35.9 Å². The highest BCUT2D eigenvalue weighted by molar-refractivity contribution is 7.22. The van der Waals surface area contributed by atoms with E-state index in [1.54, 1.807) is 30.3 Å². The summed E-state index contributed by atoms with van der Waals surface area (Å²) in [5.74, 6) is -0.795. The molecule has 0 bridgehead atoms. The number of H-pyrrole nitrogens is 1. The van der Waals surface area contributed by atoms with E-state index in [9.17, 15) is 14.0 Å². The van der Waals surface area contributed by atoms with E-state index in [-0.39, 0.29) is 23.9 Å². The van der Waals surface area contributed by atoms with Gasteiger partial charge in [0, 0.05) is 17.3 Å². The van der Waals surface area contributed by atoms with E-state index >= 15 is 0 Å². The summed E-state index contributed by atoms with van der Waals surface area (Å²) in [6.07, 6.45) is 1.32. The monoisotopic (exact) mass is 429 g/mol. The molecule has 2 heterocycles. The fourth-order valence-corrected chi connectivity index (χ4v) is 3.70. The summed E-state index contributed by atoms with van der Waals surface area (Å²) in [5.41, 5.74) is 1.05. The number of rotatable bonds is 5. The fraction of sp³-hybridized carbons (Fsp3) is 0.0500. The van der Waals surface area contributed by atoms with Crippen LogP contribution in [0.2, 0.25) is 5.02 Å². The molecule has 0 spiro atoms. The van der Waals surface area contributed by atoms with Crippen molar-refractivity contribution in [2.75, 3.05) is 5.32 Å². The van der Waals surface area contributed by atoms with Crippen molar-refractivity contribution in [3.8, 4) is 5.75 Å². The molecule has 0 saturated heterocycles. The number of aromatic nitrogens is 2. The maximum absolute atomic E-state index is 12.9. The molecule has 0 aliphatic rings. The normalized spacial score (nSPS) is 10.8. The predicted molar refractivity (Wildman–Crippen MR) is 110 cm³/mol. The van der Waals surface area contributed by atoms with Gasteiger partial charge in [-0.15, -0.1) is 0 Å². The summed E-state index contributed by atoms with van der Waals surface area (Å²) in [6, 6.07) is 12.2. The lowest BCUT2D eigenvalue weighted by Crippen LogP contribution is -2.17. The maximum atomic E-state index is 12.9. The molecule has 29 heavy (non-hydrogen) atoms. The first-order valence-electron chi connectivity index (χ1n) is 8.45. The van der Waals surface area contributed by atoms with Crippen LogP contribution in [0.5, 0.6) is 5.75 Å². The van der Waals surface area contributed by atoms with Crippen molar-refractivity contribution in [3.05, 3.63) is 87.0 Å². The van der Waals surface area contributed by atoms with Crippen LogP contribution in [0.3, 0.4) is 0 Å². The molecule has 0 aliphatic carbocycles. The topological polar surface area (TPSA) is 84.1 Å². The van der Waals surface area contributed by atoms with Gasteiger partial charge in [-0.1, -0.05) is 35.1 Å². The van der Waals surface area contributed by atoms with Crippen LogP contribution in [0, 0.1) is 5.82 Å². The molecule has 4 aromatic rings. The van der Waals surface area contributed by atoms with Gasteiger partial charge >= 0.3 is 0 Å². The van der Waals surface area contributed by atoms with Crippen LogP contribution in [0.1, 0.15) is 16.1 Å². The highest BCUT2D eigenvalue weighted by atomic mass is 35.5. The minimum Gasteiger partial charge on any atom is -0.483 e. The second-order valence-corrected chi connectivity index (χ2v) is 7.54. The molecule has 2 aromatic heterocycles. The average molecular weight is 430 g/mol. The largest absolute Gasteiger partial charge is 0.483 e. The Bertz CT molecular complexity index is 1250. The minimum atomic E-state index is -0.502. The summed E-state index contributed by atoms with van der Waals surface area (Å²) >= 11 is 7.23. The second-order valence-electron chi connectivity index (χ2n) is 6.08. The SMILES string of the molecule is O=C(Nc1nc2ccc(Cl)cc2s1)c1cc(=O)c(OCc2ccc(F)cc2)c[nH]1. The van der Waals surface area contributed by atoms with E-state index in [0.717, 1.165) is 10.8 Å². The van der Waals surface area contributed by atoms with Crippen molar-refractivity contribution in [1.82, 2.24) is 9.97 Å². The number of fused-ring (bicyclic) bond motifs is 1. The van der Waals surface area contributed by atoms with Crippen molar-refractivity contribution in [1.29, 1.82) is 0 Å². The first-order valence-corrected chi connectivity index (χ1v) is 9.65. The number of nitrogens with zero attached hydrogens (tertiary/aromatic N) is 1. The molecule has 9 heteroatoms. The van der Waals surface area contributed by atoms with Crippen LogP contribution in [-0.4, -0.2) is 15.9 Å². The zero-order valence-corrected chi connectivity index (χ0v) is 16.3. The maximum Gasteiger partial charge on any atom is 0.273 e. The van der Waals surface area contributed by atoms with Gasteiger partial charge in [0.25, 0.3) is 5.91 Å². The standard InChI is InChI=1S/C20H13ClFN3O3S/c21-12-3-6-14-18(7-12)29-20(24-14)25-19(27)15-8-16(26)17(9-23-15)28-10-11-1-4-13(22)5-2-11/h1-9H,10H2,(H,23,26)(H,24,25,27). The Morgan fingerprint density at radius 2 is 2.00 bits per heavy atom. The smallest absolute Gasteiger partial charge is 0.273 e. The Hall–Kier alpha value is -3.23. The number of carbonyl (C=O) groups excluding carboxylic acids is 1. The van der Waals surface area contributed by atoms with Gasteiger partial charge < -0.3 is 9.72 Å². The Morgan fingerprint density at radius 1 is 1.21 bits per heavy atom. The zero-order valence-electron chi connectivity index (χ0n) is 14.7. The molecule has 0 atom stereocenters. The molecule has 2 aromatic carbocycles. The predicted octanol–water partition coefficient (Wildman–Crippen LogP) is 4.61. The lowest BCUT2D eigenvalue weighted by Gasteiger charge is -2.07. The number of hydrogen-bond acceptors (Lipinski definition) is 5. The third kappa shape index (κ3) is 4.44. The molecule has 146 valence electrons. The molecule has 0 unspecified atom stereocenters. The lowest BCUT2D eigenvalue weighted by atomic mass is 10.2. The van der Waals surface area contributed by atoms with Gasteiger partial charge in [-0.25, -0.2) is 9.37 Å². The van der Waals surface area contributed by atoms with Crippen molar-refractivity contribution in [3.63, 3.8) is 0 Å². The first kappa shape index (κ1) is 19.1. The number of amides is 1. The van der Waals surface area contributed by atoms with Gasteiger partial charge in [-0.3, -0.25) is 14.9 Å². The number of thiazole rings is 1. The highest BCUT2D eigenvalue weighted by Gasteiger charge is 2.13. The molecule has 0 radical (unpaired) electrons. The number of aromatic amines is 1. The Balaban J connectivity index is 1.45. The Kier molecular flexibility index (Phi) is 5.28. The average Bonchev–Trinajstić information content (AvgIpc) is 3.09. The van der Waals surface area contributed by atoms with Gasteiger partial charge in [-0.2, -0.15) is 0 Å². The van der Waals surface area contributed by atoms with E-state index in [1.165, 1.54) is 29.7 Å². The second kappa shape index (κ2) is 8.02. The van der Waals surface area contributed by atoms with Crippen molar-refractivity contribution in [2.24, 2.45) is 0 Å². The molecule has 0 saturated carbocycles. The van der Waals surface area contributed by atoms with Crippen molar-refractivity contribution in [2.45, 2.75) is 6.61 Å². The van der Waals surface area contributed by atoms with Crippen LogP contribution < -0.4 is 15.5 Å². The van der Waals surface area contributed by atoms with Crippen LogP contribution in [-0.2, 0) is 6.61 Å². The molecular formula is C20H13ClFN3O3S. The third-order valence-electron chi connectivity index (χ3n) is 4.00. The third-order valence-corrected chi connectivity index (χ3v) is 5.17. The van der Waals surface area contributed by atoms with Crippen molar-refractivity contribution >= 4 is 44.2 Å². The van der Waals surface area contributed by atoms with Crippen LogP contribution in [0.15, 0.2) is 59.5 Å². The van der Waals surface area contributed by atoms with Crippen LogP contribution in [0.25, 0.3) is 10.2 Å². The Morgan fingerprint density at radius 3 is 2.76 bits per heavy atom. The number of ether oxygens (including phenoxy) is 1. The molecule has 1 amide bonds. The fourth-order valence-electron chi connectivity index (χ4n) is 2.56.